The molecule has 12 heteroatoms. The lowest BCUT2D eigenvalue weighted by molar-refractivity contribution is -0.140. The molecule has 0 aromatic carbocycles. The second-order valence-corrected chi connectivity index (χ2v) is 10.7. The molecule has 194 valence electrons. The number of piperidine rings is 1. The molecule has 2 fully saturated rings. The maximum Gasteiger partial charge on any atom is 0.305 e. The van der Waals surface area contributed by atoms with Gasteiger partial charge in [0.1, 0.15) is 0 Å². The van der Waals surface area contributed by atoms with E-state index >= 15 is 0 Å². The average Bonchev–Trinajstić information content (AvgIpc) is 2.88. The van der Waals surface area contributed by atoms with Gasteiger partial charge < -0.3 is 9.47 Å². The summed E-state index contributed by atoms with van der Waals surface area (Å²) < 4.78 is 36.3. The maximum atomic E-state index is 13.4. The van der Waals surface area contributed by atoms with Crippen molar-refractivity contribution in [3.63, 3.8) is 0 Å². The van der Waals surface area contributed by atoms with E-state index < -0.39 is 20.7 Å². The highest BCUT2D eigenvalue weighted by molar-refractivity contribution is 7.91. The van der Waals surface area contributed by atoms with E-state index in [9.17, 15) is 23.2 Å². The van der Waals surface area contributed by atoms with Crippen molar-refractivity contribution < 1.29 is 32.7 Å². The number of rotatable bonds is 7. The fraction of sp³-hybridized carbons (Fsp3) is 0.609. The summed E-state index contributed by atoms with van der Waals surface area (Å²) in [5.74, 6) is 5.01. The molecule has 2 N–H and O–H groups in total. The van der Waals surface area contributed by atoms with Gasteiger partial charge in [0, 0.05) is 75.4 Å². The van der Waals surface area contributed by atoms with Gasteiger partial charge in [0.2, 0.25) is 10.0 Å². The van der Waals surface area contributed by atoms with E-state index in [1.807, 2.05) is 12.1 Å². The van der Waals surface area contributed by atoms with Crippen LogP contribution in [0.3, 0.4) is 0 Å². The van der Waals surface area contributed by atoms with Crippen LogP contribution in [0.25, 0.3) is 0 Å². The van der Waals surface area contributed by atoms with Crippen LogP contribution in [0.15, 0.2) is 18.3 Å². The van der Waals surface area contributed by atoms with Crippen molar-refractivity contribution in [2.45, 2.75) is 55.6 Å². The van der Waals surface area contributed by atoms with Crippen molar-refractivity contribution in [1.82, 2.24) is 14.8 Å². The molecule has 35 heavy (non-hydrogen) atoms. The predicted octanol–water partition coefficient (Wildman–Crippen LogP) is 1.76. The lowest BCUT2D eigenvalue weighted by Crippen LogP contribution is -2.60. The van der Waals surface area contributed by atoms with Crippen molar-refractivity contribution in [2.24, 2.45) is 0 Å². The number of hydrogen-bond acceptors (Lipinski definition) is 8. The molecule has 0 aliphatic carbocycles. The van der Waals surface area contributed by atoms with E-state index in [-0.39, 0.29) is 63.4 Å². The molecule has 3 rings (SSSR count). The van der Waals surface area contributed by atoms with E-state index in [1.165, 1.54) is 11.4 Å². The highest BCUT2D eigenvalue weighted by Gasteiger charge is 2.54. The lowest BCUT2D eigenvalue weighted by Gasteiger charge is -2.40. The Morgan fingerprint density at radius 3 is 2.54 bits per heavy atom. The molecule has 2 aliphatic rings. The number of carbonyl (C=O) groups excluding carboxylic acids is 2. The number of methoxy groups -OCH3 is 1. The van der Waals surface area contributed by atoms with Gasteiger partial charge in [-0.15, -0.1) is 12.4 Å². The summed E-state index contributed by atoms with van der Waals surface area (Å²) in [6.45, 7) is 0.844. The number of aromatic nitrogens is 1. The Bertz CT molecular complexity index is 1020. The van der Waals surface area contributed by atoms with Crippen LogP contribution in [0.4, 0.5) is 0 Å². The molecule has 10 nitrogen and oxygen atoms in total. The van der Waals surface area contributed by atoms with Crippen molar-refractivity contribution in [1.29, 1.82) is 0 Å². The van der Waals surface area contributed by atoms with Crippen LogP contribution in [0, 0.1) is 11.8 Å². The Balaban J connectivity index is 0.00000432. The smallest absolute Gasteiger partial charge is 0.305 e. The van der Waals surface area contributed by atoms with E-state index in [1.54, 1.807) is 11.7 Å². The lowest BCUT2D eigenvalue weighted by atomic mass is 9.94. The Hall–Kier alpha value is -2.23. The Morgan fingerprint density at radius 2 is 1.97 bits per heavy atom. The predicted molar refractivity (Wildman–Crippen MR) is 129 cm³/mol. The number of halogens is 1. The fourth-order valence-corrected chi connectivity index (χ4v) is 6.50. The average molecular weight is 530 g/mol. The van der Waals surface area contributed by atoms with E-state index in [0.717, 1.165) is 11.3 Å². The van der Waals surface area contributed by atoms with Crippen molar-refractivity contribution in [3.05, 3.63) is 29.6 Å². The summed E-state index contributed by atoms with van der Waals surface area (Å²) in [6.07, 6.45) is 4.45. The number of pyridine rings is 1. The van der Waals surface area contributed by atoms with Crippen LogP contribution in [-0.4, -0.2) is 73.0 Å². The zero-order valence-corrected chi connectivity index (χ0v) is 21.3. The third-order valence-electron chi connectivity index (χ3n) is 6.45. The first-order valence-electron chi connectivity index (χ1n) is 11.4. The number of nitrogens with zero attached hydrogens (tertiary/aromatic N) is 2. The molecule has 0 radical (unpaired) electrons. The monoisotopic (exact) mass is 529 g/mol. The SMILES string of the molecule is COC(=O)CCCC#Cc1ccc(C2CCN(S(=O)(=O)C3(C(=O)NO)CCOCC3)CC2)nc1.Cl. The topological polar surface area (TPSA) is 135 Å². The molecule has 1 aromatic rings. The van der Waals surface area contributed by atoms with Crippen LogP contribution in [0.2, 0.25) is 0 Å². The Labute approximate surface area is 212 Å². The number of esters is 1. The first-order chi connectivity index (χ1) is 16.3. The van der Waals surface area contributed by atoms with Gasteiger partial charge in [-0.2, -0.15) is 0 Å². The van der Waals surface area contributed by atoms with E-state index in [2.05, 4.69) is 21.6 Å². The minimum atomic E-state index is -3.98. The molecule has 0 bridgehead atoms. The first-order valence-corrected chi connectivity index (χ1v) is 12.8. The van der Waals surface area contributed by atoms with Gasteiger partial charge in [-0.3, -0.25) is 19.8 Å². The summed E-state index contributed by atoms with van der Waals surface area (Å²) in [7, 11) is -2.62. The fourth-order valence-electron chi connectivity index (χ4n) is 4.35. The van der Waals surface area contributed by atoms with Crippen molar-refractivity contribution in [2.75, 3.05) is 33.4 Å². The zero-order chi connectivity index (χ0) is 24.6. The van der Waals surface area contributed by atoms with Crippen LogP contribution in [0.5, 0.6) is 0 Å². The van der Waals surface area contributed by atoms with Crippen LogP contribution in [0.1, 0.15) is 62.1 Å². The number of amides is 1. The molecule has 0 unspecified atom stereocenters. The highest BCUT2D eigenvalue weighted by Crippen LogP contribution is 2.36. The number of hydrogen-bond donors (Lipinski definition) is 2. The van der Waals surface area contributed by atoms with Crippen molar-refractivity contribution in [3.8, 4) is 11.8 Å². The van der Waals surface area contributed by atoms with Gasteiger partial charge in [-0.1, -0.05) is 11.8 Å². The quantitative estimate of drug-likeness (QED) is 0.179. The number of unbranched alkanes of at least 4 members (excludes halogenated alkanes) is 1. The van der Waals surface area contributed by atoms with Gasteiger partial charge >= 0.3 is 5.97 Å². The summed E-state index contributed by atoms with van der Waals surface area (Å²) in [4.78, 5) is 28.0. The number of hydroxylamine groups is 1. The number of ether oxygens (including phenoxy) is 2. The van der Waals surface area contributed by atoms with Gasteiger partial charge in [-0.25, -0.2) is 18.2 Å². The molecule has 0 saturated carbocycles. The number of nitrogens with one attached hydrogen (secondary N) is 1. The number of sulfonamides is 1. The Morgan fingerprint density at radius 1 is 1.29 bits per heavy atom. The Kier molecular flexibility index (Phi) is 10.9. The standard InChI is InChI=1S/C23H31N3O7S.ClH/c1-32-21(27)6-4-2-3-5-18-7-8-20(24-17-18)19-9-13-26(14-10-19)34(30,31)23(22(28)25-29)11-15-33-16-12-23;/h7-8,17,19,29H,2,4,6,9-16H2,1H3,(H,25,28);1H. The van der Waals surface area contributed by atoms with Gasteiger partial charge in [-0.05, 0) is 31.4 Å². The second kappa shape index (κ2) is 13.2. The van der Waals surface area contributed by atoms with Gasteiger partial charge in [0.15, 0.2) is 4.75 Å². The van der Waals surface area contributed by atoms with Crippen molar-refractivity contribution >= 4 is 34.3 Å². The van der Waals surface area contributed by atoms with E-state index in [0.29, 0.717) is 32.1 Å². The van der Waals surface area contributed by atoms with Gasteiger partial charge in [0.05, 0.1) is 7.11 Å². The molecule has 2 saturated heterocycles. The van der Waals surface area contributed by atoms with Crippen LogP contribution >= 0.6 is 12.4 Å². The second-order valence-electron chi connectivity index (χ2n) is 8.43. The summed E-state index contributed by atoms with van der Waals surface area (Å²) in [6, 6.07) is 3.80. The molecule has 2 aliphatic heterocycles. The molecular formula is C23H32ClN3O7S. The van der Waals surface area contributed by atoms with Gasteiger partial charge in [0.25, 0.3) is 5.91 Å². The maximum absolute atomic E-state index is 13.4. The molecule has 1 amide bonds. The summed E-state index contributed by atoms with van der Waals surface area (Å²) in [5, 5.41) is 9.18. The molecule has 1 aromatic heterocycles. The molecular weight excluding hydrogens is 498 g/mol. The molecule has 3 heterocycles. The summed E-state index contributed by atoms with van der Waals surface area (Å²) in [5.41, 5.74) is 3.20. The molecule has 0 spiro atoms. The highest BCUT2D eigenvalue weighted by atomic mass is 35.5. The third-order valence-corrected chi connectivity index (χ3v) is 9.08. The zero-order valence-electron chi connectivity index (χ0n) is 19.7. The number of carbonyl (C=O) groups is 2. The summed E-state index contributed by atoms with van der Waals surface area (Å²) >= 11 is 0. The minimum absolute atomic E-state index is 0. The minimum Gasteiger partial charge on any atom is -0.469 e. The normalized spacial score (nSPS) is 18.5. The molecule has 0 atom stereocenters. The van der Waals surface area contributed by atoms with E-state index in [4.69, 9.17) is 4.74 Å². The van der Waals surface area contributed by atoms with Crippen LogP contribution < -0.4 is 5.48 Å². The first kappa shape index (κ1) is 29.0. The third kappa shape index (κ3) is 6.71. The largest absolute Gasteiger partial charge is 0.469 e. The van der Waals surface area contributed by atoms with Crippen LogP contribution in [-0.2, 0) is 29.1 Å².